The summed E-state index contributed by atoms with van der Waals surface area (Å²) in [6.45, 7) is -0.374. The molecule has 0 bridgehead atoms. The normalized spacial score (nSPS) is 11.6. The third kappa shape index (κ3) is 6.50. The molecule has 0 saturated carbocycles. The number of hydrogen-bond acceptors (Lipinski definition) is 4. The van der Waals surface area contributed by atoms with Gasteiger partial charge in [-0.3, -0.25) is 0 Å². The van der Waals surface area contributed by atoms with Gasteiger partial charge in [-0.2, -0.15) is 26.3 Å². The molecule has 0 atom stereocenters. The Kier molecular flexibility index (Phi) is 8.04. The smallest absolute Gasteiger partial charge is 0.426 e. The van der Waals surface area contributed by atoms with Crippen LogP contribution in [0.15, 0.2) is 72.8 Å². The van der Waals surface area contributed by atoms with Crippen molar-refractivity contribution in [1.29, 1.82) is 0 Å². The van der Waals surface area contributed by atoms with Crippen molar-refractivity contribution < 1.29 is 41.4 Å². The van der Waals surface area contributed by atoms with Crippen LogP contribution in [0, 0.1) is 0 Å². The van der Waals surface area contributed by atoms with Crippen LogP contribution < -0.4 is 0 Å². The first kappa shape index (κ1) is 26.5. The van der Waals surface area contributed by atoms with Gasteiger partial charge in [-0.1, -0.05) is 60.7 Å². The van der Waals surface area contributed by atoms with Gasteiger partial charge >= 0.3 is 18.3 Å². The molecule has 4 rings (SSSR count). The van der Waals surface area contributed by atoms with Crippen LogP contribution in [0.2, 0.25) is 0 Å². The fraction of sp³-hybridized carbons (Fsp3) is 0.125. The first-order valence-corrected chi connectivity index (χ1v) is 11.4. The first-order chi connectivity index (χ1) is 16.4. The molecule has 0 spiro atoms. The van der Waals surface area contributed by atoms with Crippen LogP contribution in [0.3, 0.4) is 0 Å². The van der Waals surface area contributed by atoms with E-state index in [0.29, 0.717) is 27.3 Å². The predicted molar refractivity (Wildman–Crippen MR) is 122 cm³/mol. The van der Waals surface area contributed by atoms with Crippen LogP contribution in [0.25, 0.3) is 22.3 Å². The van der Waals surface area contributed by atoms with Gasteiger partial charge in [-0.15, -0.1) is 22.7 Å². The zero-order valence-electron chi connectivity index (χ0n) is 17.5. The number of aromatic carboxylic acids is 1. The van der Waals surface area contributed by atoms with Gasteiger partial charge in [0, 0.05) is 16.0 Å². The van der Waals surface area contributed by atoms with Gasteiger partial charge in [0.15, 0.2) is 0 Å². The monoisotopic (exact) mass is 530 g/mol. The molecule has 2 aromatic carbocycles. The van der Waals surface area contributed by atoms with E-state index in [1.54, 1.807) is 48.5 Å². The number of aliphatic hydroxyl groups excluding tert-OH is 1. The molecule has 3 nitrogen and oxygen atoms in total. The number of hydrogen-bond donors (Lipinski definition) is 2. The standard InChI is InChI=1S/C12H7F3O2S.C12H9F3OS/c13-12(14,15)10-8(6-9(18-10)11(16)17)7-4-2-1-3-5-7;13-12(14,15)11-10(6-9(7-16)17-11)8-4-2-1-3-5-8/h1-6H,(H,16,17);1-6,16H,7H2. The molecular weight excluding hydrogens is 514 g/mol. The molecule has 0 amide bonds. The molecule has 0 aliphatic heterocycles. The van der Waals surface area contributed by atoms with Gasteiger partial charge in [0.25, 0.3) is 0 Å². The minimum atomic E-state index is -4.55. The Balaban J connectivity index is 0.000000196. The molecule has 4 aromatic rings. The van der Waals surface area contributed by atoms with Crippen molar-refractivity contribution in [2.45, 2.75) is 19.0 Å². The number of carboxylic acid groups (broad SMARTS) is 1. The first-order valence-electron chi connectivity index (χ1n) is 9.77. The Morgan fingerprint density at radius 2 is 1.14 bits per heavy atom. The summed E-state index contributed by atoms with van der Waals surface area (Å²) in [6, 6.07) is 18.7. The fourth-order valence-electron chi connectivity index (χ4n) is 3.10. The van der Waals surface area contributed by atoms with E-state index in [0.717, 1.165) is 6.07 Å². The third-order valence-electron chi connectivity index (χ3n) is 4.57. The van der Waals surface area contributed by atoms with E-state index >= 15 is 0 Å². The number of benzene rings is 2. The highest BCUT2D eigenvalue weighted by Gasteiger charge is 2.37. The molecule has 0 saturated heterocycles. The van der Waals surface area contributed by atoms with Crippen LogP contribution in [0.4, 0.5) is 26.3 Å². The second-order valence-corrected chi connectivity index (χ2v) is 9.19. The predicted octanol–water partition coefficient (Wildman–Crippen LogP) is 8.06. The van der Waals surface area contributed by atoms with Crippen molar-refractivity contribution >= 4 is 28.6 Å². The van der Waals surface area contributed by atoms with Crippen molar-refractivity contribution in [2.75, 3.05) is 0 Å². The second kappa shape index (κ2) is 10.6. The Labute approximate surface area is 203 Å². The summed E-state index contributed by atoms with van der Waals surface area (Å²) in [4.78, 5) is 9.22. The summed E-state index contributed by atoms with van der Waals surface area (Å²) >= 11 is 0.831. The minimum absolute atomic E-state index is 0.0921. The molecule has 0 radical (unpaired) electrons. The average molecular weight is 531 g/mol. The van der Waals surface area contributed by atoms with Crippen molar-refractivity contribution in [3.8, 4) is 22.3 Å². The van der Waals surface area contributed by atoms with Gasteiger partial charge in [-0.25, -0.2) is 4.79 Å². The third-order valence-corrected chi connectivity index (χ3v) is 6.90. The van der Waals surface area contributed by atoms with E-state index in [2.05, 4.69) is 0 Å². The average Bonchev–Trinajstić information content (AvgIpc) is 3.46. The largest absolute Gasteiger partial charge is 0.477 e. The van der Waals surface area contributed by atoms with Gasteiger partial charge in [0.05, 0.1) is 6.61 Å². The van der Waals surface area contributed by atoms with E-state index in [9.17, 15) is 31.1 Å². The van der Waals surface area contributed by atoms with E-state index in [-0.39, 0.29) is 33.9 Å². The molecule has 11 heteroatoms. The van der Waals surface area contributed by atoms with Crippen molar-refractivity contribution in [2.24, 2.45) is 0 Å². The van der Waals surface area contributed by atoms with Crippen LogP contribution in [-0.4, -0.2) is 16.2 Å². The van der Waals surface area contributed by atoms with Crippen molar-refractivity contribution in [1.82, 2.24) is 0 Å². The van der Waals surface area contributed by atoms with Crippen molar-refractivity contribution in [3.05, 3.63) is 92.3 Å². The summed E-state index contributed by atoms with van der Waals surface area (Å²) < 4.78 is 76.9. The molecule has 2 aromatic heterocycles. The maximum atomic E-state index is 12.8. The summed E-state index contributed by atoms with van der Waals surface area (Å²) in [5, 5.41) is 17.7. The second-order valence-electron chi connectivity index (χ2n) is 7.00. The van der Waals surface area contributed by atoms with Crippen LogP contribution in [0.1, 0.15) is 24.3 Å². The molecule has 35 heavy (non-hydrogen) atoms. The summed E-state index contributed by atoms with van der Waals surface area (Å²) in [6.07, 6.45) is -8.94. The Bertz CT molecular complexity index is 1280. The molecule has 0 aliphatic carbocycles. The molecular formula is C24H16F6O3S2. The zero-order chi connectivity index (χ0) is 25.8. The summed E-state index contributed by atoms with van der Waals surface area (Å²) in [7, 11) is 0. The highest BCUT2D eigenvalue weighted by molar-refractivity contribution is 7.14. The molecule has 0 fully saturated rings. The molecule has 0 aliphatic rings. The number of rotatable bonds is 4. The van der Waals surface area contributed by atoms with E-state index in [1.165, 1.54) is 18.2 Å². The number of alkyl halides is 6. The van der Waals surface area contributed by atoms with Gasteiger partial charge in [0.2, 0.25) is 0 Å². The number of carboxylic acids is 1. The van der Waals surface area contributed by atoms with Gasteiger partial charge in [0.1, 0.15) is 14.6 Å². The highest BCUT2D eigenvalue weighted by Crippen LogP contribution is 2.43. The molecule has 2 heterocycles. The number of thiophene rings is 2. The highest BCUT2D eigenvalue weighted by atomic mass is 32.1. The molecule has 2 N–H and O–H groups in total. The number of aliphatic hydroxyl groups is 1. The number of carbonyl (C=O) groups is 1. The number of halogens is 6. The van der Waals surface area contributed by atoms with E-state index in [4.69, 9.17) is 10.2 Å². The topological polar surface area (TPSA) is 57.5 Å². The van der Waals surface area contributed by atoms with Crippen LogP contribution in [-0.2, 0) is 19.0 Å². The Morgan fingerprint density at radius 3 is 1.54 bits per heavy atom. The Hall–Kier alpha value is -3.15. The van der Waals surface area contributed by atoms with Gasteiger partial charge < -0.3 is 10.2 Å². The molecule has 0 unspecified atom stereocenters. The maximum Gasteiger partial charge on any atom is 0.426 e. The quantitative estimate of drug-likeness (QED) is 0.263. The van der Waals surface area contributed by atoms with E-state index in [1.807, 2.05) is 0 Å². The SMILES string of the molecule is O=C(O)c1cc(-c2ccccc2)c(C(F)(F)F)s1.OCc1cc(-c2ccccc2)c(C(F)(F)F)s1. The zero-order valence-corrected chi connectivity index (χ0v) is 19.2. The lowest BCUT2D eigenvalue weighted by atomic mass is 10.1. The lowest BCUT2D eigenvalue weighted by molar-refractivity contribution is -0.134. The van der Waals surface area contributed by atoms with Crippen LogP contribution in [0.5, 0.6) is 0 Å². The lowest BCUT2D eigenvalue weighted by Gasteiger charge is -2.07. The Morgan fingerprint density at radius 1 is 0.714 bits per heavy atom. The summed E-state index contributed by atoms with van der Waals surface area (Å²) in [5.74, 6) is -1.35. The fourth-order valence-corrected chi connectivity index (χ4v) is 4.89. The van der Waals surface area contributed by atoms with E-state index < -0.39 is 28.1 Å². The minimum Gasteiger partial charge on any atom is -0.477 e. The summed E-state index contributed by atoms with van der Waals surface area (Å²) in [5.41, 5.74) is 0.905. The van der Waals surface area contributed by atoms with Crippen molar-refractivity contribution in [3.63, 3.8) is 0 Å². The van der Waals surface area contributed by atoms with Crippen LogP contribution >= 0.6 is 22.7 Å². The molecule has 184 valence electrons. The maximum absolute atomic E-state index is 12.8. The lowest BCUT2D eigenvalue weighted by Crippen LogP contribution is -2.03. The van der Waals surface area contributed by atoms with Gasteiger partial charge in [-0.05, 0) is 23.3 Å².